The lowest BCUT2D eigenvalue weighted by Crippen LogP contribution is -2.41. The highest BCUT2D eigenvalue weighted by Crippen LogP contribution is 2.31. The molecule has 1 rings (SSSR count). The Morgan fingerprint density at radius 3 is 1.14 bits per heavy atom. The number of ether oxygens (including phenoxy) is 4. The van der Waals surface area contributed by atoms with E-state index in [1.54, 1.807) is 0 Å². The third kappa shape index (κ3) is 5.05. The zero-order valence-corrected chi connectivity index (χ0v) is 12.3. The van der Waals surface area contributed by atoms with Gasteiger partial charge in [0, 0.05) is 34.1 Å². The molecule has 8 heteroatoms. The molecule has 0 heterocycles. The topological polar surface area (TPSA) is 105 Å². The predicted octanol–water partition coefficient (Wildman–Crippen LogP) is 0.117. The molecule has 0 radical (unpaired) electrons. The molecule has 0 amide bonds. The van der Waals surface area contributed by atoms with Crippen LogP contribution >= 0.6 is 0 Å². The Balaban J connectivity index is 2.99. The average Bonchev–Trinajstić information content (AvgIpc) is 2.55. The summed E-state index contributed by atoms with van der Waals surface area (Å²) in [4.78, 5) is 44.6. The van der Waals surface area contributed by atoms with E-state index < -0.39 is 48.3 Å². The number of carbonyl (C=O) groups is 4. The third-order valence-electron chi connectivity index (χ3n) is 2.76. The smallest absolute Gasteiger partial charge is 0.303 e. The molecule has 1 fully saturated rings. The van der Waals surface area contributed by atoms with Crippen LogP contribution in [0.25, 0.3) is 0 Å². The van der Waals surface area contributed by atoms with Crippen LogP contribution in [-0.4, -0.2) is 48.3 Å². The maximum atomic E-state index is 11.2. The molecule has 21 heavy (non-hydrogen) atoms. The summed E-state index contributed by atoms with van der Waals surface area (Å²) in [6.45, 7) is 4.75. The van der Waals surface area contributed by atoms with Crippen LogP contribution in [0.15, 0.2) is 0 Å². The summed E-state index contributed by atoms with van der Waals surface area (Å²) in [5.41, 5.74) is 0. The highest BCUT2D eigenvalue weighted by Gasteiger charge is 2.51. The molecule has 0 spiro atoms. The molecule has 8 nitrogen and oxygen atoms in total. The molecular weight excluding hydrogens is 284 g/mol. The van der Waals surface area contributed by atoms with Crippen molar-refractivity contribution in [2.45, 2.75) is 58.5 Å². The van der Waals surface area contributed by atoms with Crippen molar-refractivity contribution in [1.82, 2.24) is 0 Å². The maximum absolute atomic E-state index is 11.2. The van der Waals surface area contributed by atoms with Gasteiger partial charge in [-0.05, 0) is 0 Å². The van der Waals surface area contributed by atoms with Gasteiger partial charge in [0.05, 0.1) is 0 Å². The molecular formula is C13H18O8. The van der Waals surface area contributed by atoms with Crippen LogP contribution in [-0.2, 0) is 38.1 Å². The minimum Gasteiger partial charge on any atom is -0.458 e. The molecule has 1 saturated carbocycles. The van der Waals surface area contributed by atoms with Crippen molar-refractivity contribution in [3.8, 4) is 0 Å². The van der Waals surface area contributed by atoms with Gasteiger partial charge in [0.1, 0.15) is 12.2 Å². The van der Waals surface area contributed by atoms with Crippen LogP contribution in [0.4, 0.5) is 0 Å². The van der Waals surface area contributed by atoms with Crippen LogP contribution in [0.2, 0.25) is 0 Å². The van der Waals surface area contributed by atoms with Crippen molar-refractivity contribution in [2.24, 2.45) is 0 Å². The van der Waals surface area contributed by atoms with E-state index in [4.69, 9.17) is 18.9 Å². The second-order valence-corrected chi connectivity index (χ2v) is 4.68. The van der Waals surface area contributed by atoms with Crippen LogP contribution in [0, 0.1) is 0 Å². The van der Waals surface area contributed by atoms with Crippen molar-refractivity contribution >= 4 is 23.9 Å². The molecule has 1 aliphatic carbocycles. The third-order valence-corrected chi connectivity index (χ3v) is 2.76. The van der Waals surface area contributed by atoms with Gasteiger partial charge in [0.15, 0.2) is 12.2 Å². The highest BCUT2D eigenvalue weighted by atomic mass is 16.6. The van der Waals surface area contributed by atoms with E-state index in [0.717, 1.165) is 0 Å². The second-order valence-electron chi connectivity index (χ2n) is 4.68. The van der Waals surface area contributed by atoms with E-state index in [0.29, 0.717) is 0 Å². The number of rotatable bonds is 4. The molecule has 0 aromatic rings. The van der Waals surface area contributed by atoms with Gasteiger partial charge in [-0.3, -0.25) is 19.2 Å². The fourth-order valence-electron chi connectivity index (χ4n) is 2.25. The largest absolute Gasteiger partial charge is 0.458 e. The monoisotopic (exact) mass is 302 g/mol. The summed E-state index contributed by atoms with van der Waals surface area (Å²) in [6.07, 6.45) is -3.64. The molecule has 0 aromatic heterocycles. The van der Waals surface area contributed by atoms with E-state index in [1.807, 2.05) is 0 Å². The van der Waals surface area contributed by atoms with Gasteiger partial charge >= 0.3 is 23.9 Å². The van der Waals surface area contributed by atoms with Gasteiger partial charge in [0.25, 0.3) is 0 Å². The van der Waals surface area contributed by atoms with Gasteiger partial charge in [-0.25, -0.2) is 0 Å². The minimum atomic E-state index is -1.01. The van der Waals surface area contributed by atoms with Crippen LogP contribution in [0.5, 0.6) is 0 Å². The Morgan fingerprint density at radius 2 is 0.905 bits per heavy atom. The Kier molecular flexibility index (Phi) is 5.69. The van der Waals surface area contributed by atoms with E-state index in [-0.39, 0.29) is 6.42 Å². The van der Waals surface area contributed by atoms with Gasteiger partial charge in [-0.2, -0.15) is 0 Å². The fraction of sp³-hybridized carbons (Fsp3) is 0.692. The zero-order valence-electron chi connectivity index (χ0n) is 12.3. The predicted molar refractivity (Wildman–Crippen MR) is 66.8 cm³/mol. The molecule has 0 bridgehead atoms. The SMILES string of the molecule is CC(=O)O[C@H]1[C@H](OC(C)=O)[C@H](OC(C)=O)C[C@H]1OC(C)=O. The molecule has 0 aromatic carbocycles. The highest BCUT2D eigenvalue weighted by molar-refractivity contribution is 5.69. The first-order valence-corrected chi connectivity index (χ1v) is 6.39. The van der Waals surface area contributed by atoms with Gasteiger partial charge in [0.2, 0.25) is 0 Å². The summed E-state index contributed by atoms with van der Waals surface area (Å²) < 4.78 is 20.2. The second kappa shape index (κ2) is 7.05. The Bertz CT molecular complexity index is 403. The lowest BCUT2D eigenvalue weighted by Gasteiger charge is -2.25. The maximum Gasteiger partial charge on any atom is 0.303 e. The van der Waals surface area contributed by atoms with E-state index in [9.17, 15) is 19.2 Å². The summed E-state index contributed by atoms with van der Waals surface area (Å²) in [7, 11) is 0. The van der Waals surface area contributed by atoms with Crippen LogP contribution < -0.4 is 0 Å². The number of hydrogen-bond acceptors (Lipinski definition) is 8. The van der Waals surface area contributed by atoms with Crippen molar-refractivity contribution in [3.05, 3.63) is 0 Å². The number of hydrogen-bond donors (Lipinski definition) is 0. The summed E-state index contributed by atoms with van der Waals surface area (Å²) >= 11 is 0. The van der Waals surface area contributed by atoms with E-state index >= 15 is 0 Å². The molecule has 0 unspecified atom stereocenters. The first-order valence-electron chi connectivity index (χ1n) is 6.39. The molecule has 0 saturated heterocycles. The van der Waals surface area contributed by atoms with Crippen molar-refractivity contribution in [1.29, 1.82) is 0 Å². The summed E-state index contributed by atoms with van der Waals surface area (Å²) in [6, 6.07) is 0. The molecule has 4 atom stereocenters. The molecule has 0 aliphatic heterocycles. The molecule has 0 N–H and O–H groups in total. The summed E-state index contributed by atoms with van der Waals surface area (Å²) in [5, 5.41) is 0. The average molecular weight is 302 g/mol. The Labute approximate surface area is 121 Å². The van der Waals surface area contributed by atoms with E-state index in [2.05, 4.69) is 0 Å². The quantitative estimate of drug-likeness (QED) is 0.532. The van der Waals surface area contributed by atoms with Crippen molar-refractivity contribution < 1.29 is 38.1 Å². The first kappa shape index (κ1) is 16.9. The summed E-state index contributed by atoms with van der Waals surface area (Å²) in [5.74, 6) is -2.42. The minimum absolute atomic E-state index is 0.0784. The lowest BCUT2D eigenvalue weighted by atomic mass is 10.2. The Hall–Kier alpha value is -2.12. The zero-order chi connectivity index (χ0) is 16.2. The van der Waals surface area contributed by atoms with E-state index in [1.165, 1.54) is 27.7 Å². The van der Waals surface area contributed by atoms with Crippen molar-refractivity contribution in [3.63, 3.8) is 0 Å². The van der Waals surface area contributed by atoms with Gasteiger partial charge in [-0.1, -0.05) is 0 Å². The normalized spacial score (nSPS) is 27.6. The number of carbonyl (C=O) groups excluding carboxylic acids is 4. The van der Waals surface area contributed by atoms with Crippen molar-refractivity contribution in [2.75, 3.05) is 0 Å². The molecule has 1 aliphatic rings. The van der Waals surface area contributed by atoms with Gasteiger partial charge < -0.3 is 18.9 Å². The van der Waals surface area contributed by atoms with Gasteiger partial charge in [-0.15, -0.1) is 0 Å². The fourth-order valence-corrected chi connectivity index (χ4v) is 2.25. The Morgan fingerprint density at radius 1 is 0.619 bits per heavy atom. The van der Waals surface area contributed by atoms with Crippen LogP contribution in [0.1, 0.15) is 34.1 Å². The molecule has 118 valence electrons. The number of esters is 4. The first-order chi connectivity index (χ1) is 9.70. The standard InChI is InChI=1S/C13H18O8/c1-6(14)18-10-5-11(19-7(2)15)13(21-9(4)17)12(10)20-8(3)16/h10-13H,5H2,1-4H3/t10-,11-,12-,13-/m1/s1. The lowest BCUT2D eigenvalue weighted by molar-refractivity contribution is -0.180. The van der Waals surface area contributed by atoms with Crippen LogP contribution in [0.3, 0.4) is 0 Å².